The Balaban J connectivity index is 1.93. The van der Waals surface area contributed by atoms with E-state index in [1.54, 1.807) is 12.4 Å². The molecule has 4 heteroatoms. The molecule has 0 saturated carbocycles. The van der Waals surface area contributed by atoms with Gasteiger partial charge in [-0.1, -0.05) is 39.3 Å². The van der Waals surface area contributed by atoms with E-state index in [0.717, 1.165) is 30.8 Å². The Labute approximate surface area is 126 Å². The summed E-state index contributed by atoms with van der Waals surface area (Å²) in [5, 5.41) is 3.31. The summed E-state index contributed by atoms with van der Waals surface area (Å²) >= 11 is 0. The Bertz CT molecular complexity index is 535. The summed E-state index contributed by atoms with van der Waals surface area (Å²) < 4.78 is 5.70. The number of nitrogens with zero attached hydrogens (tertiary/aromatic N) is 2. The largest absolute Gasteiger partial charge is 0.438 e. The molecule has 1 heterocycles. The first-order valence-electron chi connectivity index (χ1n) is 7.48. The maximum Gasteiger partial charge on any atom is 0.237 e. The van der Waals surface area contributed by atoms with Gasteiger partial charge in [-0.15, -0.1) is 0 Å². The summed E-state index contributed by atoms with van der Waals surface area (Å²) in [4.78, 5) is 8.63. The highest BCUT2D eigenvalue weighted by molar-refractivity contribution is 5.30. The second-order valence-electron chi connectivity index (χ2n) is 5.38. The molecule has 21 heavy (non-hydrogen) atoms. The highest BCUT2D eigenvalue weighted by Gasteiger charge is 2.02. The molecule has 0 aliphatic heterocycles. The summed E-state index contributed by atoms with van der Waals surface area (Å²) in [5.41, 5.74) is 2.24. The van der Waals surface area contributed by atoms with Gasteiger partial charge >= 0.3 is 0 Å². The molecule has 0 unspecified atom stereocenters. The summed E-state index contributed by atoms with van der Waals surface area (Å²) in [6, 6.07) is 8.56. The third-order valence-electron chi connectivity index (χ3n) is 3.06. The fourth-order valence-electron chi connectivity index (χ4n) is 1.93. The van der Waals surface area contributed by atoms with Crippen LogP contribution in [0, 0.1) is 0 Å². The highest BCUT2D eigenvalue weighted by atomic mass is 16.5. The Morgan fingerprint density at radius 1 is 1.10 bits per heavy atom. The number of hydrogen-bond acceptors (Lipinski definition) is 4. The Hall–Kier alpha value is -1.94. The number of benzene rings is 1. The number of hydrogen-bond donors (Lipinski definition) is 1. The van der Waals surface area contributed by atoms with Crippen LogP contribution >= 0.6 is 0 Å². The lowest BCUT2D eigenvalue weighted by Gasteiger charge is -2.08. The highest BCUT2D eigenvalue weighted by Crippen LogP contribution is 2.19. The van der Waals surface area contributed by atoms with Gasteiger partial charge < -0.3 is 10.1 Å². The van der Waals surface area contributed by atoms with Crippen LogP contribution in [0.15, 0.2) is 36.7 Å². The van der Waals surface area contributed by atoms with Crippen LogP contribution in [0.5, 0.6) is 11.6 Å². The van der Waals surface area contributed by atoms with Gasteiger partial charge in [-0.25, -0.2) is 4.98 Å². The van der Waals surface area contributed by atoms with Crippen LogP contribution in [0.1, 0.15) is 38.4 Å². The molecule has 1 N–H and O–H groups in total. The van der Waals surface area contributed by atoms with Gasteiger partial charge in [0.05, 0.1) is 18.1 Å². The number of nitrogens with one attached hydrogen (secondary N) is 1. The van der Waals surface area contributed by atoms with E-state index in [0.29, 0.717) is 11.9 Å². The molecule has 0 amide bonds. The lowest BCUT2D eigenvalue weighted by atomic mass is 10.1. The quantitative estimate of drug-likeness (QED) is 0.842. The smallest absolute Gasteiger partial charge is 0.237 e. The van der Waals surface area contributed by atoms with E-state index < -0.39 is 0 Å². The summed E-state index contributed by atoms with van der Waals surface area (Å²) in [7, 11) is 0. The predicted octanol–water partition coefficient (Wildman–Crippen LogP) is 3.72. The predicted molar refractivity (Wildman–Crippen MR) is 84.5 cm³/mol. The second-order valence-corrected chi connectivity index (χ2v) is 5.38. The van der Waals surface area contributed by atoms with Crippen molar-refractivity contribution >= 4 is 0 Å². The molecule has 0 aliphatic rings. The van der Waals surface area contributed by atoms with Crippen molar-refractivity contribution < 1.29 is 4.74 Å². The van der Waals surface area contributed by atoms with Gasteiger partial charge in [0.15, 0.2) is 0 Å². The SMILES string of the molecule is CCCc1ccc(Oc2cnc(CNC(C)C)cn2)cc1. The average Bonchev–Trinajstić information content (AvgIpc) is 2.49. The van der Waals surface area contributed by atoms with Crippen LogP contribution in [-0.2, 0) is 13.0 Å². The van der Waals surface area contributed by atoms with Crippen LogP contribution in [0.25, 0.3) is 0 Å². The molecule has 2 aromatic rings. The normalized spacial score (nSPS) is 10.9. The number of aromatic nitrogens is 2. The molecule has 0 bridgehead atoms. The molecule has 0 aliphatic carbocycles. The number of rotatable bonds is 7. The molecule has 0 fully saturated rings. The minimum Gasteiger partial charge on any atom is -0.438 e. The number of ether oxygens (including phenoxy) is 1. The van der Waals surface area contributed by atoms with E-state index >= 15 is 0 Å². The lowest BCUT2D eigenvalue weighted by Crippen LogP contribution is -2.22. The zero-order valence-electron chi connectivity index (χ0n) is 13.0. The lowest BCUT2D eigenvalue weighted by molar-refractivity contribution is 0.458. The van der Waals surface area contributed by atoms with E-state index in [-0.39, 0.29) is 0 Å². The molecule has 0 spiro atoms. The topological polar surface area (TPSA) is 47.0 Å². The molecular weight excluding hydrogens is 262 g/mol. The maximum atomic E-state index is 5.70. The fourth-order valence-corrected chi connectivity index (χ4v) is 1.93. The van der Waals surface area contributed by atoms with Gasteiger partial charge in [0.2, 0.25) is 5.88 Å². The standard InChI is InChI=1S/C17H23N3O/c1-4-5-14-6-8-16(9-7-14)21-17-12-19-15(11-20-17)10-18-13(2)3/h6-9,11-13,18H,4-5,10H2,1-3H3. The van der Waals surface area contributed by atoms with Crippen molar-refractivity contribution in [2.75, 3.05) is 0 Å². The van der Waals surface area contributed by atoms with Gasteiger partial charge in [-0.2, -0.15) is 0 Å². The van der Waals surface area contributed by atoms with E-state index in [1.807, 2.05) is 12.1 Å². The van der Waals surface area contributed by atoms with Gasteiger partial charge in [-0.05, 0) is 24.1 Å². The maximum absolute atomic E-state index is 5.70. The van der Waals surface area contributed by atoms with Crippen LogP contribution in [0.4, 0.5) is 0 Å². The number of aryl methyl sites for hydroxylation is 1. The van der Waals surface area contributed by atoms with Crippen molar-refractivity contribution in [2.45, 2.75) is 46.2 Å². The summed E-state index contributed by atoms with van der Waals surface area (Å²) in [6.45, 7) is 7.10. The molecule has 1 aromatic heterocycles. The van der Waals surface area contributed by atoms with Crippen LogP contribution < -0.4 is 10.1 Å². The van der Waals surface area contributed by atoms with Crippen molar-refractivity contribution in [1.29, 1.82) is 0 Å². The molecule has 0 radical (unpaired) electrons. The first-order valence-corrected chi connectivity index (χ1v) is 7.48. The average molecular weight is 285 g/mol. The zero-order chi connectivity index (χ0) is 15.1. The van der Waals surface area contributed by atoms with Crippen molar-refractivity contribution in [1.82, 2.24) is 15.3 Å². The van der Waals surface area contributed by atoms with Crippen LogP contribution in [0.2, 0.25) is 0 Å². The monoisotopic (exact) mass is 285 g/mol. The van der Waals surface area contributed by atoms with E-state index in [1.165, 1.54) is 5.56 Å². The molecule has 112 valence electrons. The van der Waals surface area contributed by atoms with Gasteiger partial charge in [0.1, 0.15) is 5.75 Å². The van der Waals surface area contributed by atoms with Gasteiger partial charge in [0.25, 0.3) is 0 Å². The van der Waals surface area contributed by atoms with Crippen molar-refractivity contribution in [3.8, 4) is 11.6 Å². The first kappa shape index (κ1) is 15.4. The minimum absolute atomic E-state index is 0.435. The third-order valence-corrected chi connectivity index (χ3v) is 3.06. The summed E-state index contributed by atoms with van der Waals surface area (Å²) in [5.74, 6) is 1.31. The van der Waals surface area contributed by atoms with Crippen LogP contribution in [-0.4, -0.2) is 16.0 Å². The third kappa shape index (κ3) is 5.16. The molecular formula is C17H23N3O. The summed E-state index contributed by atoms with van der Waals surface area (Å²) in [6.07, 6.45) is 5.66. The molecule has 0 saturated heterocycles. The molecule has 4 nitrogen and oxygen atoms in total. The van der Waals surface area contributed by atoms with E-state index in [9.17, 15) is 0 Å². The van der Waals surface area contributed by atoms with Crippen molar-refractivity contribution in [3.63, 3.8) is 0 Å². The Kier molecular flexibility index (Phi) is 5.69. The van der Waals surface area contributed by atoms with Crippen molar-refractivity contribution in [3.05, 3.63) is 47.9 Å². The van der Waals surface area contributed by atoms with Gasteiger partial charge in [0, 0.05) is 12.6 Å². The second kappa shape index (κ2) is 7.74. The molecule has 1 aromatic carbocycles. The van der Waals surface area contributed by atoms with E-state index in [4.69, 9.17) is 4.74 Å². The van der Waals surface area contributed by atoms with E-state index in [2.05, 4.69) is 48.2 Å². The molecule has 2 rings (SSSR count). The van der Waals surface area contributed by atoms with Gasteiger partial charge in [-0.3, -0.25) is 4.98 Å². The minimum atomic E-state index is 0.435. The zero-order valence-corrected chi connectivity index (χ0v) is 13.0. The Morgan fingerprint density at radius 3 is 2.43 bits per heavy atom. The molecule has 0 atom stereocenters. The first-order chi connectivity index (χ1) is 10.2. The Morgan fingerprint density at radius 2 is 1.86 bits per heavy atom. The fraction of sp³-hybridized carbons (Fsp3) is 0.412. The van der Waals surface area contributed by atoms with Crippen molar-refractivity contribution in [2.24, 2.45) is 0 Å². The van der Waals surface area contributed by atoms with Crippen LogP contribution in [0.3, 0.4) is 0 Å².